The number of furan rings is 1. The fraction of sp³-hybridized carbons (Fsp3) is 0.524. The van der Waals surface area contributed by atoms with Crippen LogP contribution in [-0.2, 0) is 28.7 Å². The summed E-state index contributed by atoms with van der Waals surface area (Å²) in [4.78, 5) is 34.8. The zero-order valence-electron chi connectivity index (χ0n) is 17.9. The van der Waals surface area contributed by atoms with E-state index in [1.54, 1.807) is 0 Å². The molecule has 4 rings (SSSR count). The van der Waals surface area contributed by atoms with Crippen molar-refractivity contribution in [3.05, 3.63) is 35.3 Å². The Labute approximate surface area is 190 Å². The number of nitrogens with zero attached hydrogens (tertiary/aromatic N) is 4. The molecule has 4 heterocycles. The molecule has 1 atom stereocenters. The highest BCUT2D eigenvalue weighted by molar-refractivity contribution is 5.78. The van der Waals surface area contributed by atoms with E-state index in [2.05, 4.69) is 9.97 Å². The van der Waals surface area contributed by atoms with E-state index >= 15 is 0 Å². The van der Waals surface area contributed by atoms with Gasteiger partial charge in [-0.3, -0.25) is 9.59 Å². The van der Waals surface area contributed by atoms with Gasteiger partial charge >= 0.3 is 6.18 Å². The number of halogens is 5. The quantitative estimate of drug-likeness (QED) is 0.651. The van der Waals surface area contributed by atoms with Crippen LogP contribution in [0, 0.1) is 0 Å². The number of amides is 2. The summed E-state index contributed by atoms with van der Waals surface area (Å²) in [6.07, 6.45) is -4.62. The standard InChI is InChI=1S/C21H22F5N5O3/c22-20(23)5-3-16(32)31(11-20)9-12(27)8-17(33)30-6-4-13-14(10-30)28-19(15-2-1-7-34-15)29-18(13)21(24,25)26/h1-2,7,12H,3-6,8-11,27H2/t12-/m1/s1. The van der Waals surface area contributed by atoms with E-state index in [1.165, 1.54) is 23.3 Å². The van der Waals surface area contributed by atoms with Crippen LogP contribution < -0.4 is 5.73 Å². The van der Waals surface area contributed by atoms with Gasteiger partial charge in [0.15, 0.2) is 17.3 Å². The Morgan fingerprint density at radius 3 is 2.71 bits per heavy atom. The molecule has 2 amide bonds. The molecule has 0 spiro atoms. The molecule has 2 aromatic heterocycles. The second-order valence-electron chi connectivity index (χ2n) is 8.46. The molecule has 0 saturated carbocycles. The van der Waals surface area contributed by atoms with Gasteiger partial charge < -0.3 is 20.0 Å². The van der Waals surface area contributed by atoms with Crippen molar-refractivity contribution in [3.63, 3.8) is 0 Å². The lowest BCUT2D eigenvalue weighted by atomic mass is 10.0. The molecule has 2 N–H and O–H groups in total. The predicted molar refractivity (Wildman–Crippen MR) is 107 cm³/mol. The number of carbonyl (C=O) groups excluding carboxylic acids is 2. The second kappa shape index (κ2) is 8.93. The van der Waals surface area contributed by atoms with Gasteiger partial charge in [-0.05, 0) is 18.6 Å². The highest BCUT2D eigenvalue weighted by Gasteiger charge is 2.41. The largest absolute Gasteiger partial charge is 0.461 e. The predicted octanol–water partition coefficient (Wildman–Crippen LogP) is 2.62. The number of piperidine rings is 1. The van der Waals surface area contributed by atoms with Crippen molar-refractivity contribution in [1.29, 1.82) is 0 Å². The van der Waals surface area contributed by atoms with E-state index in [0.717, 1.165) is 4.90 Å². The Bertz CT molecular complexity index is 1070. The molecule has 2 aliphatic heterocycles. The monoisotopic (exact) mass is 487 g/mol. The number of likely N-dealkylation sites (tertiary alicyclic amines) is 1. The minimum Gasteiger partial charge on any atom is -0.461 e. The van der Waals surface area contributed by atoms with Crippen molar-refractivity contribution in [2.24, 2.45) is 5.73 Å². The number of fused-ring (bicyclic) bond motifs is 1. The molecule has 2 aromatic rings. The van der Waals surface area contributed by atoms with Gasteiger partial charge in [0.25, 0.3) is 5.92 Å². The fourth-order valence-electron chi connectivity index (χ4n) is 4.16. The second-order valence-corrected chi connectivity index (χ2v) is 8.46. The zero-order valence-corrected chi connectivity index (χ0v) is 17.9. The number of alkyl halides is 5. The van der Waals surface area contributed by atoms with Crippen LogP contribution >= 0.6 is 0 Å². The normalized spacial score (nSPS) is 19.2. The van der Waals surface area contributed by atoms with Crippen LogP contribution in [0.25, 0.3) is 11.6 Å². The Balaban J connectivity index is 1.47. The number of aromatic nitrogens is 2. The molecule has 0 unspecified atom stereocenters. The summed E-state index contributed by atoms with van der Waals surface area (Å²) in [5.74, 6) is -4.12. The summed E-state index contributed by atoms with van der Waals surface area (Å²) < 4.78 is 73.2. The summed E-state index contributed by atoms with van der Waals surface area (Å²) in [7, 11) is 0. The molecule has 13 heteroatoms. The van der Waals surface area contributed by atoms with Crippen LogP contribution in [0.15, 0.2) is 22.8 Å². The van der Waals surface area contributed by atoms with E-state index in [-0.39, 0.29) is 61.7 Å². The topological polar surface area (TPSA) is 106 Å². The summed E-state index contributed by atoms with van der Waals surface area (Å²) in [5.41, 5.74) is 4.84. The van der Waals surface area contributed by atoms with Gasteiger partial charge in [0.1, 0.15) is 0 Å². The molecule has 1 fully saturated rings. The van der Waals surface area contributed by atoms with E-state index < -0.39 is 48.6 Å². The molecule has 0 aliphatic carbocycles. The van der Waals surface area contributed by atoms with E-state index in [9.17, 15) is 31.5 Å². The smallest absolute Gasteiger partial charge is 0.433 e. The maximum Gasteiger partial charge on any atom is 0.433 e. The number of nitrogens with two attached hydrogens (primary N) is 1. The number of hydrogen-bond donors (Lipinski definition) is 1. The first-order valence-corrected chi connectivity index (χ1v) is 10.6. The molecule has 34 heavy (non-hydrogen) atoms. The van der Waals surface area contributed by atoms with Crippen LogP contribution in [0.4, 0.5) is 22.0 Å². The minimum absolute atomic E-state index is 0.00813. The molecule has 1 saturated heterocycles. The fourth-order valence-corrected chi connectivity index (χ4v) is 4.16. The van der Waals surface area contributed by atoms with Gasteiger partial charge in [0.2, 0.25) is 11.8 Å². The molecular formula is C21H22F5N5O3. The van der Waals surface area contributed by atoms with E-state index in [0.29, 0.717) is 0 Å². The van der Waals surface area contributed by atoms with Crippen molar-refractivity contribution in [3.8, 4) is 11.6 Å². The summed E-state index contributed by atoms with van der Waals surface area (Å²) in [6, 6.07) is 2.02. The maximum atomic E-state index is 13.6. The summed E-state index contributed by atoms with van der Waals surface area (Å²) in [6.45, 7) is -1.17. The molecule has 0 aromatic carbocycles. The van der Waals surface area contributed by atoms with Crippen LogP contribution in [-0.4, -0.2) is 63.2 Å². The van der Waals surface area contributed by atoms with Crippen molar-refractivity contribution < 1.29 is 36.0 Å². The molecule has 184 valence electrons. The average molecular weight is 487 g/mol. The zero-order chi connectivity index (χ0) is 24.7. The Hall–Kier alpha value is -3.09. The van der Waals surface area contributed by atoms with Gasteiger partial charge in [-0.15, -0.1) is 0 Å². The number of carbonyl (C=O) groups is 2. The Kier molecular flexibility index (Phi) is 6.32. The highest BCUT2D eigenvalue weighted by atomic mass is 19.4. The Morgan fingerprint density at radius 2 is 2.03 bits per heavy atom. The number of hydrogen-bond acceptors (Lipinski definition) is 6. The van der Waals surface area contributed by atoms with Crippen LogP contribution in [0.2, 0.25) is 0 Å². The molecule has 8 nitrogen and oxygen atoms in total. The first-order chi connectivity index (χ1) is 15.9. The minimum atomic E-state index is -4.72. The third-order valence-corrected chi connectivity index (χ3v) is 5.80. The van der Waals surface area contributed by atoms with Gasteiger partial charge in [0, 0.05) is 44.0 Å². The highest BCUT2D eigenvalue weighted by Crippen LogP contribution is 2.35. The van der Waals surface area contributed by atoms with Crippen molar-refractivity contribution in [1.82, 2.24) is 19.8 Å². The first kappa shape index (κ1) is 24.0. The van der Waals surface area contributed by atoms with Crippen molar-refractivity contribution in [2.45, 2.75) is 50.4 Å². The van der Waals surface area contributed by atoms with Gasteiger partial charge in [0.05, 0.1) is 25.0 Å². The molecular weight excluding hydrogens is 465 g/mol. The van der Waals surface area contributed by atoms with Gasteiger partial charge in [-0.2, -0.15) is 13.2 Å². The van der Waals surface area contributed by atoms with Crippen LogP contribution in [0.1, 0.15) is 36.2 Å². The third-order valence-electron chi connectivity index (χ3n) is 5.80. The van der Waals surface area contributed by atoms with Crippen LogP contribution in [0.3, 0.4) is 0 Å². The molecule has 0 bridgehead atoms. The van der Waals surface area contributed by atoms with E-state index in [4.69, 9.17) is 10.2 Å². The summed E-state index contributed by atoms with van der Waals surface area (Å²) in [5, 5.41) is 0. The molecule has 0 radical (unpaired) electrons. The lowest BCUT2D eigenvalue weighted by Crippen LogP contribution is -2.51. The SMILES string of the molecule is N[C@H](CC(=O)N1CCc2c(nc(-c3ccco3)nc2C(F)(F)F)C1)CN1CC(F)(F)CCC1=O. The first-order valence-electron chi connectivity index (χ1n) is 10.6. The average Bonchev–Trinajstić information content (AvgIpc) is 3.29. The number of rotatable bonds is 5. The Morgan fingerprint density at radius 1 is 1.26 bits per heavy atom. The summed E-state index contributed by atoms with van der Waals surface area (Å²) >= 11 is 0. The molecule has 2 aliphatic rings. The van der Waals surface area contributed by atoms with E-state index in [1.807, 2.05) is 0 Å². The van der Waals surface area contributed by atoms with Crippen molar-refractivity contribution >= 4 is 11.8 Å². The third kappa shape index (κ3) is 5.18. The maximum absolute atomic E-state index is 13.6. The lowest BCUT2D eigenvalue weighted by Gasteiger charge is -2.34. The van der Waals surface area contributed by atoms with Gasteiger partial charge in [-0.1, -0.05) is 0 Å². The van der Waals surface area contributed by atoms with Gasteiger partial charge in [-0.25, -0.2) is 18.7 Å². The van der Waals surface area contributed by atoms with Crippen LogP contribution in [0.5, 0.6) is 0 Å². The van der Waals surface area contributed by atoms with Crippen molar-refractivity contribution in [2.75, 3.05) is 19.6 Å². The lowest BCUT2D eigenvalue weighted by molar-refractivity contribution is -0.148.